The van der Waals surface area contributed by atoms with Crippen LogP contribution in [-0.4, -0.2) is 51.4 Å². The van der Waals surface area contributed by atoms with Crippen LogP contribution in [0.5, 0.6) is 0 Å². The molecule has 100 valence electrons. The molecule has 0 radical (unpaired) electrons. The van der Waals surface area contributed by atoms with E-state index in [0.29, 0.717) is 19.8 Å². The van der Waals surface area contributed by atoms with Crippen LogP contribution in [0.4, 0.5) is 0 Å². The van der Waals surface area contributed by atoms with Crippen LogP contribution in [0.3, 0.4) is 0 Å². The van der Waals surface area contributed by atoms with Crippen molar-refractivity contribution in [2.75, 3.05) is 33.5 Å². The molecule has 1 amide bonds. The molecule has 0 saturated heterocycles. The third-order valence-corrected chi connectivity index (χ3v) is 1.84. The van der Waals surface area contributed by atoms with Gasteiger partial charge in [-0.25, -0.2) is 5.90 Å². The molecular formula is C9H19N3O5. The monoisotopic (exact) mass is 249 g/mol. The number of ether oxygens (including phenoxy) is 2. The first-order valence-corrected chi connectivity index (χ1v) is 5.11. The van der Waals surface area contributed by atoms with Gasteiger partial charge in [0.05, 0.1) is 39.4 Å². The first-order chi connectivity index (χ1) is 8.11. The van der Waals surface area contributed by atoms with Crippen molar-refractivity contribution in [1.29, 1.82) is 0 Å². The van der Waals surface area contributed by atoms with Crippen molar-refractivity contribution < 1.29 is 23.9 Å². The van der Waals surface area contributed by atoms with Gasteiger partial charge in [0.1, 0.15) is 0 Å². The van der Waals surface area contributed by atoms with E-state index in [-0.39, 0.29) is 13.0 Å². The fraction of sp³-hybridized carbons (Fsp3) is 0.778. The normalized spacial score (nSPS) is 11.9. The Labute approximate surface area is 99.5 Å². The second kappa shape index (κ2) is 9.97. The number of rotatable bonds is 9. The Morgan fingerprint density at radius 2 is 2.00 bits per heavy atom. The van der Waals surface area contributed by atoms with Crippen molar-refractivity contribution in [2.45, 2.75) is 12.5 Å². The molecular weight excluding hydrogens is 230 g/mol. The van der Waals surface area contributed by atoms with E-state index in [1.807, 2.05) is 0 Å². The third-order valence-electron chi connectivity index (χ3n) is 1.84. The van der Waals surface area contributed by atoms with Crippen LogP contribution in [-0.2, 0) is 23.9 Å². The van der Waals surface area contributed by atoms with Crippen LogP contribution < -0.4 is 16.9 Å². The van der Waals surface area contributed by atoms with E-state index in [1.54, 1.807) is 0 Å². The molecule has 0 aliphatic heterocycles. The molecule has 0 saturated carbocycles. The molecule has 0 aromatic heterocycles. The summed E-state index contributed by atoms with van der Waals surface area (Å²) in [6, 6.07) is -0.908. The number of nitrogens with two attached hydrogens (primary N) is 2. The maximum absolute atomic E-state index is 11.3. The molecule has 0 aromatic rings. The average Bonchev–Trinajstić information content (AvgIpc) is 2.32. The number of hydrogen-bond acceptors (Lipinski definition) is 7. The summed E-state index contributed by atoms with van der Waals surface area (Å²) in [7, 11) is 1.24. The van der Waals surface area contributed by atoms with Crippen LogP contribution >= 0.6 is 0 Å². The van der Waals surface area contributed by atoms with Gasteiger partial charge in [-0.1, -0.05) is 0 Å². The lowest BCUT2D eigenvalue weighted by Crippen LogP contribution is -2.43. The Hall–Kier alpha value is -1.22. The van der Waals surface area contributed by atoms with Crippen molar-refractivity contribution in [1.82, 2.24) is 5.32 Å². The number of methoxy groups -OCH3 is 1. The summed E-state index contributed by atoms with van der Waals surface area (Å²) in [6.45, 7) is 1.26. The zero-order valence-electron chi connectivity index (χ0n) is 9.81. The summed E-state index contributed by atoms with van der Waals surface area (Å²) in [6.07, 6.45) is -0.149. The van der Waals surface area contributed by atoms with Gasteiger partial charge in [-0.2, -0.15) is 0 Å². The number of hydrogen-bond donors (Lipinski definition) is 3. The summed E-state index contributed by atoms with van der Waals surface area (Å²) in [4.78, 5) is 26.5. The SMILES string of the molecule is COC(=O)C[C@H](N)C(=O)NCCOCCON. The largest absolute Gasteiger partial charge is 0.469 e. The average molecular weight is 249 g/mol. The van der Waals surface area contributed by atoms with Gasteiger partial charge in [-0.15, -0.1) is 0 Å². The fourth-order valence-corrected chi connectivity index (χ4v) is 0.942. The summed E-state index contributed by atoms with van der Waals surface area (Å²) < 4.78 is 9.45. The minimum atomic E-state index is -0.908. The minimum absolute atomic E-state index is 0.149. The lowest BCUT2D eigenvalue weighted by molar-refractivity contribution is -0.142. The molecule has 0 heterocycles. The second-order valence-corrected chi connectivity index (χ2v) is 3.16. The summed E-state index contributed by atoms with van der Waals surface area (Å²) in [5.74, 6) is 3.83. The topological polar surface area (TPSA) is 126 Å². The highest BCUT2D eigenvalue weighted by atomic mass is 16.6. The molecule has 0 bridgehead atoms. The molecule has 0 aromatic carbocycles. The van der Waals surface area contributed by atoms with E-state index in [0.717, 1.165) is 0 Å². The molecule has 8 nitrogen and oxygen atoms in total. The number of esters is 1. The molecule has 1 atom stereocenters. The van der Waals surface area contributed by atoms with E-state index in [9.17, 15) is 9.59 Å². The Morgan fingerprint density at radius 3 is 2.59 bits per heavy atom. The maximum atomic E-state index is 11.3. The summed E-state index contributed by atoms with van der Waals surface area (Å²) >= 11 is 0. The second-order valence-electron chi connectivity index (χ2n) is 3.16. The molecule has 0 fully saturated rings. The van der Waals surface area contributed by atoms with E-state index in [1.165, 1.54) is 7.11 Å². The highest BCUT2D eigenvalue weighted by Gasteiger charge is 2.17. The Morgan fingerprint density at radius 1 is 1.29 bits per heavy atom. The summed E-state index contributed by atoms with van der Waals surface area (Å²) in [5, 5.41) is 2.52. The molecule has 0 spiro atoms. The number of carbonyl (C=O) groups is 2. The Bertz CT molecular complexity index is 237. The van der Waals surface area contributed by atoms with E-state index >= 15 is 0 Å². The minimum Gasteiger partial charge on any atom is -0.469 e. The van der Waals surface area contributed by atoms with Crippen molar-refractivity contribution in [3.63, 3.8) is 0 Å². The summed E-state index contributed by atoms with van der Waals surface area (Å²) in [5.41, 5.74) is 5.47. The van der Waals surface area contributed by atoms with Crippen molar-refractivity contribution in [3.8, 4) is 0 Å². The van der Waals surface area contributed by atoms with Crippen LogP contribution in [0.2, 0.25) is 0 Å². The highest BCUT2D eigenvalue weighted by Crippen LogP contribution is 1.90. The maximum Gasteiger partial charge on any atom is 0.307 e. The quantitative estimate of drug-likeness (QED) is 0.243. The molecule has 5 N–H and O–H groups in total. The molecule has 17 heavy (non-hydrogen) atoms. The van der Waals surface area contributed by atoms with Gasteiger partial charge in [-0.3, -0.25) is 9.59 Å². The molecule has 0 rings (SSSR count). The number of nitrogens with one attached hydrogen (secondary N) is 1. The van der Waals surface area contributed by atoms with Crippen molar-refractivity contribution in [2.24, 2.45) is 11.6 Å². The van der Waals surface area contributed by atoms with Crippen molar-refractivity contribution >= 4 is 11.9 Å². The smallest absolute Gasteiger partial charge is 0.307 e. The van der Waals surface area contributed by atoms with Gasteiger partial charge >= 0.3 is 5.97 Å². The Kier molecular flexibility index (Phi) is 9.25. The number of amides is 1. The van der Waals surface area contributed by atoms with Gasteiger partial charge in [0.25, 0.3) is 0 Å². The Balaban J connectivity index is 3.54. The van der Waals surface area contributed by atoms with Crippen LogP contribution in [0.1, 0.15) is 6.42 Å². The fourth-order valence-electron chi connectivity index (χ4n) is 0.942. The van der Waals surface area contributed by atoms with Gasteiger partial charge in [-0.05, 0) is 0 Å². The van der Waals surface area contributed by atoms with Crippen LogP contribution in [0.25, 0.3) is 0 Å². The zero-order chi connectivity index (χ0) is 13.1. The molecule has 0 aliphatic carbocycles. The van der Waals surface area contributed by atoms with Gasteiger partial charge in [0, 0.05) is 6.54 Å². The van der Waals surface area contributed by atoms with Gasteiger partial charge < -0.3 is 25.4 Å². The zero-order valence-corrected chi connectivity index (χ0v) is 9.81. The van der Waals surface area contributed by atoms with Crippen LogP contribution in [0.15, 0.2) is 0 Å². The van der Waals surface area contributed by atoms with Gasteiger partial charge in [0.15, 0.2) is 0 Å². The van der Waals surface area contributed by atoms with E-state index in [2.05, 4.69) is 14.9 Å². The van der Waals surface area contributed by atoms with E-state index in [4.69, 9.17) is 16.4 Å². The molecule has 0 aliphatic rings. The van der Waals surface area contributed by atoms with Crippen molar-refractivity contribution in [3.05, 3.63) is 0 Å². The predicted molar refractivity (Wildman–Crippen MR) is 58.6 cm³/mol. The van der Waals surface area contributed by atoms with E-state index < -0.39 is 17.9 Å². The third kappa shape index (κ3) is 8.57. The first kappa shape index (κ1) is 15.8. The molecule has 8 heteroatoms. The number of carbonyl (C=O) groups excluding carboxylic acids is 2. The predicted octanol–water partition coefficient (Wildman–Crippen LogP) is -2.10. The lowest BCUT2D eigenvalue weighted by Gasteiger charge is -2.11. The van der Waals surface area contributed by atoms with Gasteiger partial charge in [0.2, 0.25) is 5.91 Å². The van der Waals surface area contributed by atoms with Crippen LogP contribution in [0, 0.1) is 0 Å². The standard InChI is InChI=1S/C9H19N3O5/c1-15-8(13)6-7(10)9(14)12-2-3-16-4-5-17-11/h7H,2-6,10-11H2,1H3,(H,12,14)/t7-/m0/s1. The lowest BCUT2D eigenvalue weighted by atomic mass is 10.2. The highest BCUT2D eigenvalue weighted by molar-refractivity contribution is 5.86. The molecule has 0 unspecified atom stereocenters. The first-order valence-electron chi connectivity index (χ1n) is 5.11.